The van der Waals surface area contributed by atoms with E-state index >= 15 is 0 Å². The lowest BCUT2D eigenvalue weighted by atomic mass is 10.1. The number of aryl methyl sites for hydroxylation is 2. The Morgan fingerprint density at radius 2 is 1.85 bits per heavy atom. The van der Waals surface area contributed by atoms with Crippen molar-refractivity contribution in [2.24, 2.45) is 0 Å². The van der Waals surface area contributed by atoms with E-state index in [9.17, 15) is 9.59 Å². The van der Waals surface area contributed by atoms with Crippen molar-refractivity contribution in [1.82, 2.24) is 0 Å². The average molecular weight is 273 g/mol. The summed E-state index contributed by atoms with van der Waals surface area (Å²) in [5.74, 6) is -0.0918. The first-order chi connectivity index (χ1) is 9.40. The molecule has 1 aromatic heterocycles. The molecule has 5 nitrogen and oxygen atoms in total. The molecule has 1 heterocycles. The number of carboxylic acid groups (broad SMARTS) is 1. The quantitative estimate of drug-likeness (QED) is 0.900. The van der Waals surface area contributed by atoms with Gasteiger partial charge in [-0.15, -0.1) is 0 Å². The number of benzene rings is 1. The Morgan fingerprint density at radius 1 is 1.15 bits per heavy atom. The Labute approximate surface area is 116 Å². The van der Waals surface area contributed by atoms with Crippen LogP contribution >= 0.6 is 0 Å². The molecule has 0 saturated carbocycles. The summed E-state index contributed by atoms with van der Waals surface area (Å²) in [5.41, 5.74) is 1.84. The molecular weight excluding hydrogens is 258 g/mol. The monoisotopic (exact) mass is 273 g/mol. The number of anilines is 1. The Hall–Kier alpha value is -2.56. The summed E-state index contributed by atoms with van der Waals surface area (Å²) < 4.78 is 5.41. The van der Waals surface area contributed by atoms with Crippen LogP contribution in [0.1, 0.15) is 37.8 Å². The van der Waals surface area contributed by atoms with Gasteiger partial charge in [0.25, 0.3) is 5.91 Å². The molecule has 0 spiro atoms. The minimum Gasteiger partial charge on any atom is -0.478 e. The number of carboxylic acids is 1. The van der Waals surface area contributed by atoms with Gasteiger partial charge in [0.1, 0.15) is 11.5 Å². The van der Waals surface area contributed by atoms with E-state index in [2.05, 4.69) is 5.32 Å². The van der Waals surface area contributed by atoms with Crippen molar-refractivity contribution in [2.45, 2.75) is 20.8 Å². The second-order valence-electron chi connectivity index (χ2n) is 4.55. The number of amides is 1. The van der Waals surface area contributed by atoms with Crippen LogP contribution in [0.4, 0.5) is 5.69 Å². The summed E-state index contributed by atoms with van der Waals surface area (Å²) in [7, 11) is 0. The maximum Gasteiger partial charge on any atom is 0.335 e. The van der Waals surface area contributed by atoms with Crippen LogP contribution in [0.25, 0.3) is 0 Å². The van der Waals surface area contributed by atoms with E-state index in [-0.39, 0.29) is 11.5 Å². The van der Waals surface area contributed by atoms with Crippen LogP contribution in [0.5, 0.6) is 0 Å². The molecule has 104 valence electrons. The number of nitrogens with one attached hydrogen (secondary N) is 1. The molecule has 0 radical (unpaired) electrons. The lowest BCUT2D eigenvalue weighted by Crippen LogP contribution is -2.14. The van der Waals surface area contributed by atoms with Gasteiger partial charge in [-0.05, 0) is 39.0 Å². The third-order valence-electron chi connectivity index (χ3n) is 3.16. The highest BCUT2D eigenvalue weighted by molar-refractivity contribution is 6.06. The van der Waals surface area contributed by atoms with Gasteiger partial charge in [0, 0.05) is 11.3 Å². The molecule has 5 heteroatoms. The third-order valence-corrected chi connectivity index (χ3v) is 3.16. The van der Waals surface area contributed by atoms with Crippen molar-refractivity contribution in [3.8, 4) is 0 Å². The molecule has 2 rings (SSSR count). The number of furan rings is 1. The van der Waals surface area contributed by atoms with Gasteiger partial charge < -0.3 is 14.8 Å². The Bertz CT molecular complexity index is 685. The summed E-state index contributed by atoms with van der Waals surface area (Å²) in [6.45, 7) is 5.33. The fourth-order valence-corrected chi connectivity index (χ4v) is 2.05. The maximum atomic E-state index is 12.2. The minimum absolute atomic E-state index is 0.125. The SMILES string of the molecule is Cc1oc(C)c(C(=O)Nc2cccc(C(=O)O)c2)c1C. The van der Waals surface area contributed by atoms with E-state index < -0.39 is 5.97 Å². The lowest BCUT2D eigenvalue weighted by Gasteiger charge is -2.06. The zero-order chi connectivity index (χ0) is 14.9. The first-order valence-corrected chi connectivity index (χ1v) is 6.11. The standard InChI is InChI=1S/C15H15NO4/c1-8-9(2)20-10(3)13(8)14(17)16-12-6-4-5-11(7-12)15(18)19/h4-7H,1-3H3,(H,16,17)(H,18,19). The van der Waals surface area contributed by atoms with Crippen molar-refractivity contribution in [3.63, 3.8) is 0 Å². The van der Waals surface area contributed by atoms with Crippen molar-refractivity contribution in [2.75, 3.05) is 5.32 Å². The number of carbonyl (C=O) groups excluding carboxylic acids is 1. The summed E-state index contributed by atoms with van der Waals surface area (Å²) >= 11 is 0. The molecule has 2 aromatic rings. The van der Waals surface area contributed by atoms with Gasteiger partial charge in [0.2, 0.25) is 0 Å². The highest BCUT2D eigenvalue weighted by atomic mass is 16.4. The second-order valence-corrected chi connectivity index (χ2v) is 4.55. The zero-order valence-electron chi connectivity index (χ0n) is 11.5. The van der Waals surface area contributed by atoms with E-state index in [1.54, 1.807) is 26.0 Å². The summed E-state index contributed by atoms with van der Waals surface area (Å²) in [6, 6.07) is 6.11. The van der Waals surface area contributed by atoms with Crippen molar-refractivity contribution in [1.29, 1.82) is 0 Å². The fraction of sp³-hybridized carbons (Fsp3) is 0.200. The first kappa shape index (κ1) is 13.9. The highest BCUT2D eigenvalue weighted by Gasteiger charge is 2.18. The van der Waals surface area contributed by atoms with Gasteiger partial charge in [-0.2, -0.15) is 0 Å². The smallest absolute Gasteiger partial charge is 0.335 e. The Balaban J connectivity index is 2.28. The molecule has 1 aromatic carbocycles. The molecule has 0 aliphatic rings. The summed E-state index contributed by atoms with van der Waals surface area (Å²) in [5, 5.41) is 11.6. The number of rotatable bonds is 3. The number of hydrogen-bond donors (Lipinski definition) is 2. The van der Waals surface area contributed by atoms with E-state index in [1.165, 1.54) is 12.1 Å². The van der Waals surface area contributed by atoms with E-state index in [0.29, 0.717) is 22.8 Å². The van der Waals surface area contributed by atoms with Crippen LogP contribution in [-0.2, 0) is 0 Å². The third kappa shape index (κ3) is 2.56. The largest absolute Gasteiger partial charge is 0.478 e. The molecule has 20 heavy (non-hydrogen) atoms. The molecule has 0 bridgehead atoms. The van der Waals surface area contributed by atoms with Crippen LogP contribution in [0.15, 0.2) is 28.7 Å². The minimum atomic E-state index is -1.03. The van der Waals surface area contributed by atoms with Crippen molar-refractivity contribution < 1.29 is 19.1 Å². The van der Waals surface area contributed by atoms with Crippen LogP contribution in [0, 0.1) is 20.8 Å². The zero-order valence-corrected chi connectivity index (χ0v) is 11.5. The van der Waals surface area contributed by atoms with Gasteiger partial charge in [0.15, 0.2) is 0 Å². The molecule has 0 unspecified atom stereocenters. The van der Waals surface area contributed by atoms with Crippen LogP contribution in [-0.4, -0.2) is 17.0 Å². The lowest BCUT2D eigenvalue weighted by molar-refractivity contribution is 0.0696. The Kier molecular flexibility index (Phi) is 3.61. The predicted molar refractivity (Wildman–Crippen MR) is 74.3 cm³/mol. The fourth-order valence-electron chi connectivity index (χ4n) is 2.05. The second kappa shape index (κ2) is 5.21. The number of hydrogen-bond acceptors (Lipinski definition) is 3. The summed E-state index contributed by atoms with van der Waals surface area (Å²) in [6.07, 6.45) is 0. The van der Waals surface area contributed by atoms with Gasteiger partial charge in [-0.3, -0.25) is 4.79 Å². The van der Waals surface area contributed by atoms with Gasteiger partial charge >= 0.3 is 5.97 Å². The van der Waals surface area contributed by atoms with E-state index in [4.69, 9.17) is 9.52 Å². The molecule has 2 N–H and O–H groups in total. The van der Waals surface area contributed by atoms with Crippen molar-refractivity contribution in [3.05, 3.63) is 52.5 Å². The molecule has 0 aliphatic carbocycles. The van der Waals surface area contributed by atoms with Gasteiger partial charge in [-0.25, -0.2) is 4.79 Å². The number of carbonyl (C=O) groups is 2. The van der Waals surface area contributed by atoms with Crippen LogP contribution in [0.3, 0.4) is 0 Å². The number of aromatic carboxylic acids is 1. The predicted octanol–water partition coefficient (Wildman–Crippen LogP) is 3.16. The molecule has 0 aliphatic heterocycles. The normalized spacial score (nSPS) is 10.3. The maximum absolute atomic E-state index is 12.2. The first-order valence-electron chi connectivity index (χ1n) is 6.11. The van der Waals surface area contributed by atoms with Crippen molar-refractivity contribution >= 4 is 17.6 Å². The highest BCUT2D eigenvalue weighted by Crippen LogP contribution is 2.22. The van der Waals surface area contributed by atoms with Gasteiger partial charge in [-0.1, -0.05) is 6.07 Å². The molecule has 0 fully saturated rings. The van der Waals surface area contributed by atoms with Gasteiger partial charge in [0.05, 0.1) is 11.1 Å². The molecule has 0 saturated heterocycles. The average Bonchev–Trinajstić information content (AvgIpc) is 2.63. The van der Waals surface area contributed by atoms with E-state index in [0.717, 1.165) is 5.56 Å². The van der Waals surface area contributed by atoms with Crippen LogP contribution in [0.2, 0.25) is 0 Å². The molecule has 1 amide bonds. The topological polar surface area (TPSA) is 79.5 Å². The summed E-state index contributed by atoms with van der Waals surface area (Å²) in [4.78, 5) is 23.1. The Morgan fingerprint density at radius 3 is 2.40 bits per heavy atom. The molecule has 0 atom stereocenters. The molecular formula is C15H15NO4. The van der Waals surface area contributed by atoms with Crippen LogP contribution < -0.4 is 5.32 Å². The van der Waals surface area contributed by atoms with E-state index in [1.807, 2.05) is 6.92 Å².